The molecule has 3 rings (SSSR count). The maximum absolute atomic E-state index is 12.5. The third kappa shape index (κ3) is 3.02. The van der Waals surface area contributed by atoms with Gasteiger partial charge in [-0.05, 0) is 29.5 Å². The normalized spacial score (nSPS) is 15.1. The molecule has 1 aliphatic heterocycles. The minimum Gasteiger partial charge on any atom is -0.337 e. The van der Waals surface area contributed by atoms with E-state index in [4.69, 9.17) is 0 Å². The van der Waals surface area contributed by atoms with Crippen molar-refractivity contribution in [1.82, 2.24) is 20.2 Å². The number of allylic oxidation sites excluding steroid dienone is 1. The Hall–Kier alpha value is -2.31. The van der Waals surface area contributed by atoms with Crippen molar-refractivity contribution in [3.8, 4) is 6.07 Å². The van der Waals surface area contributed by atoms with Gasteiger partial charge in [-0.25, -0.2) is 4.68 Å². The third-order valence-corrected chi connectivity index (χ3v) is 5.67. The molecule has 122 valence electrons. The molecule has 1 aromatic heterocycles. The van der Waals surface area contributed by atoms with Crippen LogP contribution in [0.25, 0.3) is 0 Å². The van der Waals surface area contributed by atoms with Crippen LogP contribution >= 0.6 is 23.5 Å². The number of aryl methyl sites for hydroxylation is 1. The van der Waals surface area contributed by atoms with Gasteiger partial charge in [0.1, 0.15) is 16.7 Å². The summed E-state index contributed by atoms with van der Waals surface area (Å²) in [5, 5.41) is 22.0. The molecule has 2 aromatic rings. The molecule has 1 aromatic carbocycles. The lowest BCUT2D eigenvalue weighted by molar-refractivity contribution is -0.112. The molecule has 0 unspecified atom stereocenters. The lowest BCUT2D eigenvalue weighted by Gasteiger charge is -2.14. The zero-order valence-electron chi connectivity index (χ0n) is 13.1. The summed E-state index contributed by atoms with van der Waals surface area (Å²) in [6.45, 7) is 2.55. The standard InChI is InChI=1S/C15H14N6OS2/c1-3-21-15(17-18-19-21)23-9-12(22)10(8-16)14-20(2)11-6-4-5-7-13(11)24-14/h4-7H,3,9H2,1-2H3/b14-10-. The average Bonchev–Trinajstić information content (AvgIpc) is 3.19. The summed E-state index contributed by atoms with van der Waals surface area (Å²) >= 11 is 2.68. The molecule has 0 radical (unpaired) electrons. The first kappa shape index (κ1) is 16.5. The van der Waals surface area contributed by atoms with Crippen molar-refractivity contribution in [2.75, 3.05) is 17.7 Å². The Morgan fingerprint density at radius 3 is 2.92 bits per heavy atom. The summed E-state index contributed by atoms with van der Waals surface area (Å²) in [5.41, 5.74) is 1.17. The first-order chi connectivity index (χ1) is 11.7. The monoisotopic (exact) mass is 358 g/mol. The average molecular weight is 358 g/mol. The number of hydrogen-bond acceptors (Lipinski definition) is 8. The van der Waals surface area contributed by atoms with Crippen molar-refractivity contribution in [2.24, 2.45) is 0 Å². The van der Waals surface area contributed by atoms with Crippen LogP contribution in [0.5, 0.6) is 0 Å². The van der Waals surface area contributed by atoms with Crippen LogP contribution in [-0.4, -0.2) is 38.8 Å². The zero-order valence-corrected chi connectivity index (χ0v) is 14.8. The maximum atomic E-state index is 12.5. The predicted molar refractivity (Wildman–Crippen MR) is 92.6 cm³/mol. The van der Waals surface area contributed by atoms with E-state index >= 15 is 0 Å². The number of nitriles is 1. The number of aromatic nitrogens is 4. The van der Waals surface area contributed by atoms with Crippen LogP contribution in [0.4, 0.5) is 5.69 Å². The number of tetrazole rings is 1. The summed E-state index contributed by atoms with van der Waals surface area (Å²) in [5.74, 6) is -0.104. The molecule has 0 aliphatic carbocycles. The number of hydrogen-bond donors (Lipinski definition) is 0. The number of thioether (sulfide) groups is 2. The molecule has 7 nitrogen and oxygen atoms in total. The Morgan fingerprint density at radius 1 is 1.42 bits per heavy atom. The lowest BCUT2D eigenvalue weighted by Crippen LogP contribution is -2.16. The Balaban J connectivity index is 1.80. The van der Waals surface area contributed by atoms with E-state index in [1.54, 1.807) is 4.68 Å². The highest BCUT2D eigenvalue weighted by atomic mass is 32.2. The van der Waals surface area contributed by atoms with E-state index in [1.807, 2.05) is 43.1 Å². The van der Waals surface area contributed by atoms with Gasteiger partial charge in [0.15, 0.2) is 5.78 Å². The number of Topliss-reactive ketones (excluding diaryl/α,β-unsaturated/α-hetero) is 1. The van der Waals surface area contributed by atoms with Gasteiger partial charge in [0.2, 0.25) is 5.16 Å². The summed E-state index contributed by atoms with van der Waals surface area (Å²) in [6, 6.07) is 9.89. The van der Waals surface area contributed by atoms with Crippen LogP contribution in [0.2, 0.25) is 0 Å². The topological polar surface area (TPSA) is 87.7 Å². The first-order valence-electron chi connectivity index (χ1n) is 7.22. The number of benzene rings is 1. The Morgan fingerprint density at radius 2 is 2.21 bits per heavy atom. The number of nitrogens with zero attached hydrogens (tertiary/aromatic N) is 6. The SMILES string of the molecule is CCn1nnnc1SCC(=O)/C(C#N)=C1\Sc2ccccc2N1C. The van der Waals surface area contributed by atoms with Gasteiger partial charge in [-0.15, -0.1) is 5.10 Å². The third-order valence-electron chi connectivity index (χ3n) is 3.47. The van der Waals surface area contributed by atoms with Crippen molar-refractivity contribution in [1.29, 1.82) is 5.26 Å². The molecule has 2 heterocycles. The number of carbonyl (C=O) groups is 1. The second-order valence-corrected chi connectivity index (χ2v) is 6.88. The van der Waals surface area contributed by atoms with Crippen LogP contribution in [0.3, 0.4) is 0 Å². The van der Waals surface area contributed by atoms with Gasteiger partial charge in [-0.2, -0.15) is 5.26 Å². The molecule has 0 bridgehead atoms. The molecule has 0 saturated heterocycles. The van der Waals surface area contributed by atoms with Gasteiger partial charge >= 0.3 is 0 Å². The van der Waals surface area contributed by atoms with E-state index in [2.05, 4.69) is 21.6 Å². The van der Waals surface area contributed by atoms with Gasteiger partial charge in [0.05, 0.1) is 11.4 Å². The maximum Gasteiger partial charge on any atom is 0.209 e. The van der Waals surface area contributed by atoms with Crippen molar-refractivity contribution >= 4 is 35.0 Å². The summed E-state index contributed by atoms with van der Waals surface area (Å²) in [6.07, 6.45) is 0. The van der Waals surface area contributed by atoms with Crippen LogP contribution in [-0.2, 0) is 11.3 Å². The number of anilines is 1. The van der Waals surface area contributed by atoms with Gasteiger partial charge in [0.25, 0.3) is 0 Å². The number of ketones is 1. The van der Waals surface area contributed by atoms with E-state index in [0.29, 0.717) is 16.7 Å². The van der Waals surface area contributed by atoms with Crippen LogP contribution < -0.4 is 4.90 Å². The smallest absolute Gasteiger partial charge is 0.209 e. The van der Waals surface area contributed by atoms with E-state index in [9.17, 15) is 10.1 Å². The highest BCUT2D eigenvalue weighted by Gasteiger charge is 2.28. The molecule has 0 fully saturated rings. The Kier molecular flexibility index (Phi) is 4.87. The van der Waals surface area contributed by atoms with Crippen LogP contribution in [0, 0.1) is 11.3 Å². The lowest BCUT2D eigenvalue weighted by atomic mass is 10.2. The van der Waals surface area contributed by atoms with Gasteiger partial charge in [-0.1, -0.05) is 35.7 Å². The Bertz CT molecular complexity index is 854. The molecule has 0 saturated carbocycles. The van der Waals surface area contributed by atoms with E-state index < -0.39 is 0 Å². The largest absolute Gasteiger partial charge is 0.337 e. The molecular weight excluding hydrogens is 344 g/mol. The fraction of sp³-hybridized carbons (Fsp3) is 0.267. The highest BCUT2D eigenvalue weighted by molar-refractivity contribution is 8.03. The van der Waals surface area contributed by atoms with Crippen molar-refractivity contribution in [3.05, 3.63) is 34.9 Å². The number of carbonyl (C=O) groups excluding carboxylic acids is 1. The summed E-state index contributed by atoms with van der Waals surface area (Å²) < 4.78 is 1.61. The number of para-hydroxylation sites is 1. The zero-order chi connectivity index (χ0) is 17.1. The van der Waals surface area contributed by atoms with Crippen molar-refractivity contribution in [2.45, 2.75) is 23.5 Å². The van der Waals surface area contributed by atoms with Crippen LogP contribution in [0.1, 0.15) is 6.92 Å². The predicted octanol–water partition coefficient (Wildman–Crippen LogP) is 2.33. The molecule has 0 spiro atoms. The van der Waals surface area contributed by atoms with E-state index in [-0.39, 0.29) is 17.1 Å². The number of rotatable bonds is 5. The molecule has 24 heavy (non-hydrogen) atoms. The Labute approximate surface area is 147 Å². The quantitative estimate of drug-likeness (QED) is 0.457. The molecule has 0 atom stereocenters. The molecule has 0 amide bonds. The minimum atomic E-state index is -0.227. The molecule has 9 heteroatoms. The summed E-state index contributed by atoms with van der Waals surface area (Å²) in [4.78, 5) is 15.5. The summed E-state index contributed by atoms with van der Waals surface area (Å²) in [7, 11) is 1.86. The fourth-order valence-electron chi connectivity index (χ4n) is 2.25. The minimum absolute atomic E-state index is 0.123. The molecule has 0 N–H and O–H groups in total. The van der Waals surface area contributed by atoms with Crippen molar-refractivity contribution in [3.63, 3.8) is 0 Å². The number of fused-ring (bicyclic) bond motifs is 1. The van der Waals surface area contributed by atoms with E-state index in [1.165, 1.54) is 23.5 Å². The van der Waals surface area contributed by atoms with Crippen LogP contribution in [0.15, 0.2) is 44.9 Å². The van der Waals surface area contributed by atoms with Gasteiger partial charge in [0, 0.05) is 18.5 Å². The van der Waals surface area contributed by atoms with Crippen molar-refractivity contribution < 1.29 is 4.79 Å². The van der Waals surface area contributed by atoms with Gasteiger partial charge < -0.3 is 4.90 Å². The van der Waals surface area contributed by atoms with Gasteiger partial charge in [-0.3, -0.25) is 4.79 Å². The molecule has 1 aliphatic rings. The fourth-order valence-corrected chi connectivity index (χ4v) is 4.23. The van der Waals surface area contributed by atoms with E-state index in [0.717, 1.165) is 10.6 Å². The molecular formula is C15H14N6OS2. The highest BCUT2D eigenvalue weighted by Crippen LogP contribution is 2.46. The second kappa shape index (κ2) is 7.07. The second-order valence-electron chi connectivity index (χ2n) is 4.91. The first-order valence-corrected chi connectivity index (χ1v) is 9.03.